The molecule has 0 aliphatic rings. The van der Waals surface area contributed by atoms with Gasteiger partial charge in [-0.15, -0.1) is 0 Å². The third-order valence-corrected chi connectivity index (χ3v) is 2.65. The Bertz CT molecular complexity index is 674. The van der Waals surface area contributed by atoms with Crippen molar-refractivity contribution in [2.24, 2.45) is 0 Å². The van der Waals surface area contributed by atoms with Gasteiger partial charge in [0, 0.05) is 18.6 Å². The average molecular weight is 253 g/mol. The van der Waals surface area contributed by atoms with Gasteiger partial charge in [0.1, 0.15) is 5.69 Å². The van der Waals surface area contributed by atoms with Crippen LogP contribution in [0.5, 0.6) is 0 Å². The molecule has 1 N–H and O–H groups in total. The molecule has 3 heterocycles. The maximum Gasteiger partial charge on any atom is 0.271 e. The van der Waals surface area contributed by atoms with Crippen molar-refractivity contribution in [2.75, 3.05) is 0 Å². The monoisotopic (exact) mass is 253 g/mol. The van der Waals surface area contributed by atoms with Gasteiger partial charge in [-0.25, -0.2) is 9.50 Å². The molecule has 1 amide bonds. The number of hydrogen-bond donors (Lipinski definition) is 1. The molecule has 0 aromatic carbocycles. The van der Waals surface area contributed by atoms with Gasteiger partial charge in [0.25, 0.3) is 5.91 Å². The Morgan fingerprint density at radius 1 is 1.32 bits per heavy atom. The highest BCUT2D eigenvalue weighted by atomic mass is 16.1. The van der Waals surface area contributed by atoms with Gasteiger partial charge in [-0.2, -0.15) is 5.10 Å². The van der Waals surface area contributed by atoms with Crippen molar-refractivity contribution < 1.29 is 4.79 Å². The zero-order valence-corrected chi connectivity index (χ0v) is 10.0. The summed E-state index contributed by atoms with van der Waals surface area (Å²) in [6, 6.07) is 7.73. The first-order chi connectivity index (χ1) is 9.33. The maximum atomic E-state index is 11.8. The normalized spacial score (nSPS) is 10.5. The Morgan fingerprint density at radius 2 is 2.26 bits per heavy atom. The van der Waals surface area contributed by atoms with E-state index in [0.29, 0.717) is 12.2 Å². The summed E-state index contributed by atoms with van der Waals surface area (Å²) in [5.41, 5.74) is 2.08. The van der Waals surface area contributed by atoms with E-state index in [2.05, 4.69) is 20.4 Å². The van der Waals surface area contributed by atoms with Crippen LogP contribution in [-0.2, 0) is 6.54 Å². The molecule has 0 saturated carbocycles. The van der Waals surface area contributed by atoms with Crippen LogP contribution in [0.3, 0.4) is 0 Å². The smallest absolute Gasteiger partial charge is 0.271 e. The minimum Gasteiger partial charge on any atom is -0.345 e. The Labute approximate surface area is 109 Å². The molecule has 6 nitrogen and oxygen atoms in total. The average Bonchev–Trinajstić information content (AvgIpc) is 2.88. The van der Waals surface area contributed by atoms with Crippen molar-refractivity contribution in [2.45, 2.75) is 6.54 Å². The maximum absolute atomic E-state index is 11.8. The molecule has 0 bridgehead atoms. The van der Waals surface area contributed by atoms with Crippen LogP contribution in [0.4, 0.5) is 0 Å². The van der Waals surface area contributed by atoms with Gasteiger partial charge in [-0.3, -0.25) is 9.78 Å². The molecule has 6 heteroatoms. The zero-order valence-electron chi connectivity index (χ0n) is 10.0. The van der Waals surface area contributed by atoms with Crippen LogP contribution in [0.2, 0.25) is 0 Å². The highest BCUT2D eigenvalue weighted by molar-refractivity contribution is 5.91. The van der Waals surface area contributed by atoms with Crippen LogP contribution in [0.15, 0.2) is 49.1 Å². The van der Waals surface area contributed by atoms with Gasteiger partial charge in [0.2, 0.25) is 0 Å². The fourth-order valence-corrected chi connectivity index (χ4v) is 1.76. The summed E-state index contributed by atoms with van der Waals surface area (Å²) in [4.78, 5) is 19.6. The van der Waals surface area contributed by atoms with E-state index in [4.69, 9.17) is 0 Å². The van der Waals surface area contributed by atoms with Gasteiger partial charge in [-0.1, -0.05) is 6.07 Å². The highest BCUT2D eigenvalue weighted by Gasteiger charge is 2.07. The van der Waals surface area contributed by atoms with E-state index in [1.807, 2.05) is 30.5 Å². The van der Waals surface area contributed by atoms with E-state index < -0.39 is 0 Å². The predicted octanol–water partition coefficient (Wildman–Crippen LogP) is 1.05. The third kappa shape index (κ3) is 2.42. The number of rotatable bonds is 3. The molecule has 0 spiro atoms. The highest BCUT2D eigenvalue weighted by Crippen LogP contribution is 2.05. The quantitative estimate of drug-likeness (QED) is 0.757. The first kappa shape index (κ1) is 11.3. The molecule has 0 fully saturated rings. The number of nitrogens with one attached hydrogen (secondary N) is 1. The molecular formula is C13H11N5O. The number of carbonyl (C=O) groups is 1. The Balaban J connectivity index is 1.71. The molecule has 3 rings (SSSR count). The first-order valence-electron chi connectivity index (χ1n) is 5.80. The second-order valence-electron chi connectivity index (χ2n) is 3.98. The van der Waals surface area contributed by atoms with Crippen LogP contribution < -0.4 is 5.32 Å². The third-order valence-electron chi connectivity index (χ3n) is 2.65. The molecule has 0 aliphatic heterocycles. The summed E-state index contributed by atoms with van der Waals surface area (Å²) in [6.07, 6.45) is 6.31. The van der Waals surface area contributed by atoms with Gasteiger partial charge in [0.05, 0.1) is 24.0 Å². The summed E-state index contributed by atoms with van der Waals surface area (Å²) in [7, 11) is 0. The predicted molar refractivity (Wildman–Crippen MR) is 68.4 cm³/mol. The van der Waals surface area contributed by atoms with Crippen molar-refractivity contribution in [1.82, 2.24) is 24.9 Å². The molecule has 94 valence electrons. The Kier molecular flexibility index (Phi) is 2.89. The van der Waals surface area contributed by atoms with Crippen LogP contribution in [-0.4, -0.2) is 25.5 Å². The molecule has 0 saturated heterocycles. The minimum atomic E-state index is -0.259. The fourth-order valence-electron chi connectivity index (χ4n) is 1.76. The lowest BCUT2D eigenvalue weighted by Crippen LogP contribution is -2.24. The Hall–Kier alpha value is -2.76. The standard InChI is InChI=1S/C13H11N5O/c19-13(12-9-14-4-5-15-12)16-8-10-7-11-3-1-2-6-18(11)17-10/h1-7,9H,8H2,(H,16,19). The van der Waals surface area contributed by atoms with E-state index in [0.717, 1.165) is 11.2 Å². The number of amides is 1. The number of nitrogens with zero attached hydrogens (tertiary/aromatic N) is 4. The lowest BCUT2D eigenvalue weighted by molar-refractivity contribution is 0.0945. The molecule has 3 aromatic heterocycles. The topological polar surface area (TPSA) is 72.2 Å². The van der Waals surface area contributed by atoms with Crippen LogP contribution in [0.25, 0.3) is 5.52 Å². The SMILES string of the molecule is O=C(NCc1cc2ccccn2n1)c1cnccn1. The van der Waals surface area contributed by atoms with Crippen molar-refractivity contribution in [3.63, 3.8) is 0 Å². The summed E-state index contributed by atoms with van der Waals surface area (Å²) < 4.78 is 1.77. The van der Waals surface area contributed by atoms with E-state index in [1.165, 1.54) is 18.6 Å². The molecule has 0 aliphatic carbocycles. The van der Waals surface area contributed by atoms with Crippen LogP contribution >= 0.6 is 0 Å². The number of pyridine rings is 1. The van der Waals surface area contributed by atoms with Crippen molar-refractivity contribution in [1.29, 1.82) is 0 Å². The van der Waals surface area contributed by atoms with E-state index in [1.54, 1.807) is 4.52 Å². The molecule has 0 unspecified atom stereocenters. The van der Waals surface area contributed by atoms with Gasteiger partial charge in [0.15, 0.2) is 0 Å². The van der Waals surface area contributed by atoms with E-state index >= 15 is 0 Å². The van der Waals surface area contributed by atoms with Gasteiger partial charge in [-0.05, 0) is 18.2 Å². The lowest BCUT2D eigenvalue weighted by Gasteiger charge is -2.01. The van der Waals surface area contributed by atoms with Crippen molar-refractivity contribution >= 4 is 11.4 Å². The van der Waals surface area contributed by atoms with Gasteiger partial charge >= 0.3 is 0 Å². The van der Waals surface area contributed by atoms with Crippen LogP contribution in [0, 0.1) is 0 Å². The molecule has 0 atom stereocenters. The summed E-state index contributed by atoms with van der Waals surface area (Å²) in [6.45, 7) is 0.358. The second-order valence-corrected chi connectivity index (χ2v) is 3.98. The van der Waals surface area contributed by atoms with Crippen molar-refractivity contribution in [3.05, 3.63) is 60.4 Å². The second kappa shape index (κ2) is 4.85. The molecule has 3 aromatic rings. The zero-order chi connectivity index (χ0) is 13.1. The number of carbonyl (C=O) groups excluding carboxylic acids is 1. The number of hydrogen-bond acceptors (Lipinski definition) is 4. The lowest BCUT2D eigenvalue weighted by atomic mass is 10.3. The Morgan fingerprint density at radius 3 is 3.05 bits per heavy atom. The number of aromatic nitrogens is 4. The summed E-state index contributed by atoms with van der Waals surface area (Å²) >= 11 is 0. The minimum absolute atomic E-state index is 0.259. The molecular weight excluding hydrogens is 242 g/mol. The van der Waals surface area contributed by atoms with E-state index in [-0.39, 0.29) is 5.91 Å². The van der Waals surface area contributed by atoms with E-state index in [9.17, 15) is 4.79 Å². The molecule has 19 heavy (non-hydrogen) atoms. The van der Waals surface area contributed by atoms with Gasteiger partial charge < -0.3 is 5.32 Å². The largest absolute Gasteiger partial charge is 0.345 e. The van der Waals surface area contributed by atoms with Crippen molar-refractivity contribution in [3.8, 4) is 0 Å². The summed E-state index contributed by atoms with van der Waals surface area (Å²) in [5, 5.41) is 7.10. The summed E-state index contributed by atoms with van der Waals surface area (Å²) in [5.74, 6) is -0.259. The first-order valence-corrected chi connectivity index (χ1v) is 5.80. The van der Waals surface area contributed by atoms with Crippen LogP contribution in [0.1, 0.15) is 16.2 Å². The molecule has 0 radical (unpaired) electrons. The fraction of sp³-hybridized carbons (Fsp3) is 0.0769. The number of fused-ring (bicyclic) bond motifs is 1.